The number of nitrogens with zero attached hydrogens (tertiary/aromatic N) is 2. The van der Waals surface area contributed by atoms with Gasteiger partial charge in [-0.25, -0.2) is 4.79 Å². The van der Waals surface area contributed by atoms with Crippen molar-refractivity contribution in [2.24, 2.45) is 0 Å². The monoisotopic (exact) mass is 338 g/mol. The molecule has 1 saturated heterocycles. The van der Waals surface area contributed by atoms with Gasteiger partial charge in [0.05, 0.1) is 13.2 Å². The van der Waals surface area contributed by atoms with Gasteiger partial charge >= 0.3 is 6.03 Å². The first kappa shape index (κ1) is 17.0. The Labute approximate surface area is 147 Å². The minimum atomic E-state index is -0.243. The molecular formula is C20H22N2O3. The minimum Gasteiger partial charge on any atom is -0.497 e. The summed E-state index contributed by atoms with van der Waals surface area (Å²) in [7, 11) is 3.34. The van der Waals surface area contributed by atoms with Gasteiger partial charge in [0.2, 0.25) is 5.91 Å². The fraction of sp³-hybridized carbons (Fsp3) is 0.300. The van der Waals surface area contributed by atoms with E-state index in [4.69, 9.17) is 4.74 Å². The van der Waals surface area contributed by atoms with Crippen molar-refractivity contribution in [3.05, 3.63) is 65.7 Å². The van der Waals surface area contributed by atoms with Gasteiger partial charge in [0, 0.05) is 20.0 Å². The van der Waals surface area contributed by atoms with E-state index >= 15 is 0 Å². The average Bonchev–Trinajstić information content (AvgIpc) is 2.62. The standard InChI is InChI=1S/C20H22N2O3/c1-21(14-16-8-10-18(25-2)11-9-16)20(24)22-17(13-19(22)23)12-15-6-4-3-5-7-15/h3-11,17H,12-14H2,1-2H3/t17-/m1/s1. The van der Waals surface area contributed by atoms with Crippen LogP contribution in [0.2, 0.25) is 0 Å². The maximum Gasteiger partial charge on any atom is 0.327 e. The maximum atomic E-state index is 12.7. The normalized spacial score (nSPS) is 16.3. The van der Waals surface area contributed by atoms with E-state index in [0.717, 1.165) is 16.9 Å². The summed E-state index contributed by atoms with van der Waals surface area (Å²) in [5.74, 6) is 0.672. The number of imide groups is 1. The first-order valence-electron chi connectivity index (χ1n) is 8.32. The number of rotatable bonds is 5. The number of likely N-dealkylation sites (tertiary alicyclic amines) is 1. The zero-order chi connectivity index (χ0) is 17.8. The number of urea groups is 1. The molecule has 1 heterocycles. The summed E-state index contributed by atoms with van der Waals surface area (Å²) >= 11 is 0. The van der Waals surface area contributed by atoms with Gasteiger partial charge in [-0.3, -0.25) is 9.69 Å². The molecule has 1 aliphatic rings. The molecule has 5 nitrogen and oxygen atoms in total. The van der Waals surface area contributed by atoms with Crippen LogP contribution in [0.15, 0.2) is 54.6 Å². The van der Waals surface area contributed by atoms with Gasteiger partial charge in [0.1, 0.15) is 5.75 Å². The van der Waals surface area contributed by atoms with Crippen LogP contribution in [0.1, 0.15) is 17.5 Å². The number of hydrogen-bond donors (Lipinski definition) is 0. The molecule has 0 aromatic heterocycles. The molecule has 0 bridgehead atoms. The Morgan fingerprint density at radius 1 is 1.12 bits per heavy atom. The van der Waals surface area contributed by atoms with Crippen LogP contribution in [0.4, 0.5) is 4.79 Å². The van der Waals surface area contributed by atoms with E-state index in [1.807, 2.05) is 54.6 Å². The number of carbonyl (C=O) groups is 2. The Hall–Kier alpha value is -2.82. The highest BCUT2D eigenvalue weighted by molar-refractivity contribution is 5.99. The lowest BCUT2D eigenvalue weighted by atomic mass is 9.95. The summed E-state index contributed by atoms with van der Waals surface area (Å²) < 4.78 is 5.14. The Morgan fingerprint density at radius 2 is 1.80 bits per heavy atom. The molecule has 2 aromatic rings. The molecule has 25 heavy (non-hydrogen) atoms. The summed E-state index contributed by atoms with van der Waals surface area (Å²) in [6.07, 6.45) is 1.13. The third-order valence-corrected chi connectivity index (χ3v) is 4.47. The van der Waals surface area contributed by atoms with Crippen LogP contribution in [0.25, 0.3) is 0 Å². The quantitative estimate of drug-likeness (QED) is 0.787. The van der Waals surface area contributed by atoms with E-state index in [2.05, 4.69) is 0 Å². The second-order valence-corrected chi connectivity index (χ2v) is 6.30. The molecule has 3 rings (SSSR count). The molecule has 1 fully saturated rings. The molecule has 0 aliphatic carbocycles. The number of amides is 3. The van der Waals surface area contributed by atoms with Crippen LogP contribution in [-0.2, 0) is 17.8 Å². The van der Waals surface area contributed by atoms with Crippen molar-refractivity contribution >= 4 is 11.9 Å². The number of benzene rings is 2. The van der Waals surface area contributed by atoms with Crippen LogP contribution in [0, 0.1) is 0 Å². The lowest BCUT2D eigenvalue weighted by Crippen LogP contribution is -2.59. The third kappa shape index (κ3) is 3.82. The van der Waals surface area contributed by atoms with Crippen molar-refractivity contribution in [1.29, 1.82) is 0 Å². The fourth-order valence-corrected chi connectivity index (χ4v) is 3.05. The van der Waals surface area contributed by atoms with Gasteiger partial charge in [-0.1, -0.05) is 42.5 Å². The van der Waals surface area contributed by atoms with E-state index < -0.39 is 0 Å². The Bertz CT molecular complexity index is 743. The number of β-lactam (4-membered cyclic amide) rings is 1. The maximum absolute atomic E-state index is 12.7. The van der Waals surface area contributed by atoms with Crippen LogP contribution >= 0.6 is 0 Å². The zero-order valence-corrected chi connectivity index (χ0v) is 14.5. The second kappa shape index (κ2) is 7.38. The van der Waals surface area contributed by atoms with Crippen LogP contribution < -0.4 is 4.74 Å². The first-order valence-corrected chi connectivity index (χ1v) is 8.32. The molecule has 0 spiro atoms. The van der Waals surface area contributed by atoms with E-state index in [-0.39, 0.29) is 18.0 Å². The number of hydrogen-bond acceptors (Lipinski definition) is 3. The number of carbonyl (C=O) groups excluding carboxylic acids is 2. The molecule has 0 unspecified atom stereocenters. The lowest BCUT2D eigenvalue weighted by molar-refractivity contribution is -0.141. The first-order chi connectivity index (χ1) is 12.1. The molecule has 2 aromatic carbocycles. The van der Waals surface area contributed by atoms with Gasteiger partial charge in [-0.15, -0.1) is 0 Å². The predicted octanol–water partition coefficient (Wildman–Crippen LogP) is 3.09. The summed E-state index contributed by atoms with van der Waals surface area (Å²) in [4.78, 5) is 27.6. The Kier molecular flexibility index (Phi) is 5.03. The SMILES string of the molecule is COc1ccc(CN(C)C(=O)N2C(=O)C[C@H]2Cc2ccccc2)cc1. The van der Waals surface area contributed by atoms with Crippen LogP contribution in [0.3, 0.4) is 0 Å². The summed E-state index contributed by atoms with van der Waals surface area (Å²) in [5.41, 5.74) is 2.12. The second-order valence-electron chi connectivity index (χ2n) is 6.30. The summed E-state index contributed by atoms with van der Waals surface area (Å²) in [6.45, 7) is 0.449. The smallest absolute Gasteiger partial charge is 0.327 e. The summed E-state index contributed by atoms with van der Waals surface area (Å²) in [5, 5.41) is 0. The van der Waals surface area contributed by atoms with Crippen molar-refractivity contribution in [3.8, 4) is 5.75 Å². The predicted molar refractivity (Wildman–Crippen MR) is 95.3 cm³/mol. The van der Waals surface area contributed by atoms with Crippen molar-refractivity contribution < 1.29 is 14.3 Å². The van der Waals surface area contributed by atoms with Crippen LogP contribution in [-0.4, -0.2) is 41.9 Å². The van der Waals surface area contributed by atoms with Crippen molar-refractivity contribution in [2.45, 2.75) is 25.4 Å². The third-order valence-electron chi connectivity index (χ3n) is 4.47. The van der Waals surface area contributed by atoms with E-state index in [1.54, 1.807) is 19.1 Å². The van der Waals surface area contributed by atoms with Gasteiger partial charge in [-0.2, -0.15) is 0 Å². The minimum absolute atomic E-state index is 0.0549. The average molecular weight is 338 g/mol. The van der Waals surface area contributed by atoms with Crippen LogP contribution in [0.5, 0.6) is 5.75 Å². The molecule has 0 saturated carbocycles. The molecule has 1 aliphatic heterocycles. The van der Waals surface area contributed by atoms with Gasteiger partial charge in [-0.05, 0) is 29.7 Å². The topological polar surface area (TPSA) is 49.9 Å². The highest BCUT2D eigenvalue weighted by Gasteiger charge is 2.41. The van der Waals surface area contributed by atoms with Gasteiger partial charge in [0.25, 0.3) is 0 Å². The largest absolute Gasteiger partial charge is 0.497 e. The number of methoxy groups -OCH3 is 1. The molecule has 5 heteroatoms. The van der Waals surface area contributed by atoms with Crippen molar-refractivity contribution in [3.63, 3.8) is 0 Å². The van der Waals surface area contributed by atoms with E-state index in [0.29, 0.717) is 19.4 Å². The van der Waals surface area contributed by atoms with E-state index in [1.165, 1.54) is 4.90 Å². The molecule has 130 valence electrons. The molecule has 0 N–H and O–H groups in total. The molecular weight excluding hydrogens is 316 g/mol. The molecule has 0 radical (unpaired) electrons. The zero-order valence-electron chi connectivity index (χ0n) is 14.5. The Morgan fingerprint density at radius 3 is 2.40 bits per heavy atom. The summed E-state index contributed by atoms with van der Waals surface area (Å²) in [6, 6.07) is 17.2. The van der Waals surface area contributed by atoms with Gasteiger partial charge < -0.3 is 9.64 Å². The van der Waals surface area contributed by atoms with E-state index in [9.17, 15) is 9.59 Å². The van der Waals surface area contributed by atoms with Gasteiger partial charge in [0.15, 0.2) is 0 Å². The van der Waals surface area contributed by atoms with Crippen molar-refractivity contribution in [2.75, 3.05) is 14.2 Å². The fourth-order valence-electron chi connectivity index (χ4n) is 3.05. The lowest BCUT2D eigenvalue weighted by Gasteiger charge is -2.40. The van der Waals surface area contributed by atoms with Crippen molar-refractivity contribution in [1.82, 2.24) is 9.80 Å². The molecule has 1 atom stereocenters. The molecule has 3 amide bonds. The highest BCUT2D eigenvalue weighted by atomic mass is 16.5. The Balaban J connectivity index is 1.62. The number of ether oxygens (including phenoxy) is 1. The highest BCUT2D eigenvalue weighted by Crippen LogP contribution is 2.25.